The highest BCUT2D eigenvalue weighted by molar-refractivity contribution is 7.99. The molecular formula is C16H12F3NO4S. The van der Waals surface area contributed by atoms with Crippen molar-refractivity contribution in [3.05, 3.63) is 63.7 Å². The van der Waals surface area contributed by atoms with Gasteiger partial charge in [0.25, 0.3) is 5.69 Å². The molecule has 2 aromatic carbocycles. The molecule has 0 fully saturated rings. The summed E-state index contributed by atoms with van der Waals surface area (Å²) in [6, 6.07) is 8.44. The highest BCUT2D eigenvalue weighted by atomic mass is 32.2. The first kappa shape index (κ1) is 18.8. The number of nitrogens with zero attached hydrogens (tertiary/aromatic N) is 1. The van der Waals surface area contributed by atoms with Crippen LogP contribution >= 0.6 is 11.8 Å². The number of nitro benzene ring substituents is 1. The summed E-state index contributed by atoms with van der Waals surface area (Å²) in [7, 11) is 0. The van der Waals surface area contributed by atoms with Gasteiger partial charge in [-0.3, -0.25) is 10.1 Å². The van der Waals surface area contributed by atoms with Crippen LogP contribution in [0.1, 0.15) is 22.8 Å². The molecular weight excluding hydrogens is 359 g/mol. The van der Waals surface area contributed by atoms with E-state index in [4.69, 9.17) is 4.74 Å². The number of halogens is 3. The number of rotatable bonds is 5. The molecule has 2 aromatic rings. The van der Waals surface area contributed by atoms with Crippen LogP contribution < -0.4 is 0 Å². The molecule has 0 heterocycles. The van der Waals surface area contributed by atoms with E-state index in [1.165, 1.54) is 24.3 Å². The van der Waals surface area contributed by atoms with Gasteiger partial charge in [-0.1, -0.05) is 11.8 Å². The summed E-state index contributed by atoms with van der Waals surface area (Å²) in [5.74, 6) is -0.523. The van der Waals surface area contributed by atoms with Crippen LogP contribution in [0.25, 0.3) is 0 Å². The van der Waals surface area contributed by atoms with Crippen LogP contribution in [-0.2, 0) is 10.9 Å². The molecule has 2 rings (SSSR count). The zero-order valence-electron chi connectivity index (χ0n) is 12.9. The first-order chi connectivity index (χ1) is 11.7. The van der Waals surface area contributed by atoms with Gasteiger partial charge in [-0.05, 0) is 37.3 Å². The number of carbonyl (C=O) groups excluding carboxylic acids is 1. The molecule has 0 aliphatic carbocycles. The quantitative estimate of drug-likeness (QED) is 0.423. The van der Waals surface area contributed by atoms with E-state index in [1.54, 1.807) is 6.92 Å². The molecule has 9 heteroatoms. The monoisotopic (exact) mass is 371 g/mol. The van der Waals surface area contributed by atoms with Crippen LogP contribution in [-0.4, -0.2) is 17.5 Å². The Labute approximate surface area is 144 Å². The Morgan fingerprint density at radius 3 is 2.36 bits per heavy atom. The number of nitro groups is 1. The lowest BCUT2D eigenvalue weighted by atomic mass is 10.2. The van der Waals surface area contributed by atoms with Gasteiger partial charge in [0, 0.05) is 21.9 Å². The van der Waals surface area contributed by atoms with Crippen molar-refractivity contribution in [3.63, 3.8) is 0 Å². The van der Waals surface area contributed by atoms with Crippen LogP contribution in [0, 0.1) is 10.1 Å². The van der Waals surface area contributed by atoms with Gasteiger partial charge in [-0.25, -0.2) is 4.79 Å². The van der Waals surface area contributed by atoms with Crippen molar-refractivity contribution in [1.29, 1.82) is 0 Å². The first-order valence-electron chi connectivity index (χ1n) is 7.03. The Morgan fingerprint density at radius 2 is 1.84 bits per heavy atom. The Morgan fingerprint density at radius 1 is 1.20 bits per heavy atom. The molecule has 0 aliphatic rings. The van der Waals surface area contributed by atoms with Crippen LogP contribution in [0.15, 0.2) is 52.3 Å². The molecule has 5 nitrogen and oxygen atoms in total. The zero-order chi connectivity index (χ0) is 18.6. The average molecular weight is 371 g/mol. The lowest BCUT2D eigenvalue weighted by Gasteiger charge is -2.12. The fourth-order valence-corrected chi connectivity index (χ4v) is 2.89. The van der Waals surface area contributed by atoms with E-state index in [9.17, 15) is 28.1 Å². The van der Waals surface area contributed by atoms with E-state index >= 15 is 0 Å². The lowest BCUT2D eigenvalue weighted by molar-refractivity contribution is -0.385. The van der Waals surface area contributed by atoms with Crippen molar-refractivity contribution in [1.82, 2.24) is 0 Å². The molecule has 0 aliphatic heterocycles. The zero-order valence-corrected chi connectivity index (χ0v) is 13.7. The smallest absolute Gasteiger partial charge is 0.417 e. The molecule has 25 heavy (non-hydrogen) atoms. The fraction of sp³-hybridized carbons (Fsp3) is 0.188. The molecule has 0 radical (unpaired) electrons. The van der Waals surface area contributed by atoms with Crippen molar-refractivity contribution in [2.75, 3.05) is 6.61 Å². The molecule has 0 bridgehead atoms. The Bertz CT molecular complexity index is 791. The number of ether oxygens (including phenoxy) is 1. The number of benzene rings is 2. The molecule has 0 aromatic heterocycles. The Balaban J connectivity index is 2.30. The van der Waals surface area contributed by atoms with Crippen molar-refractivity contribution >= 4 is 23.4 Å². The average Bonchev–Trinajstić information content (AvgIpc) is 2.55. The maximum absolute atomic E-state index is 13.2. The van der Waals surface area contributed by atoms with Crippen molar-refractivity contribution in [2.45, 2.75) is 22.9 Å². The summed E-state index contributed by atoms with van der Waals surface area (Å²) >= 11 is 0.801. The van der Waals surface area contributed by atoms with Crippen LogP contribution in [0.5, 0.6) is 0 Å². The number of esters is 1. The summed E-state index contributed by atoms with van der Waals surface area (Å²) in [6.45, 7) is 1.88. The van der Waals surface area contributed by atoms with Gasteiger partial charge in [0.2, 0.25) is 0 Å². The van der Waals surface area contributed by atoms with E-state index < -0.39 is 28.3 Å². The van der Waals surface area contributed by atoms with Gasteiger partial charge in [0.05, 0.1) is 22.7 Å². The minimum atomic E-state index is -4.72. The van der Waals surface area contributed by atoms with E-state index in [2.05, 4.69) is 0 Å². The second kappa shape index (κ2) is 7.56. The number of hydrogen-bond acceptors (Lipinski definition) is 5. The van der Waals surface area contributed by atoms with Crippen molar-refractivity contribution in [3.8, 4) is 0 Å². The third-order valence-electron chi connectivity index (χ3n) is 3.07. The van der Waals surface area contributed by atoms with E-state index in [0.717, 1.165) is 23.9 Å². The topological polar surface area (TPSA) is 69.4 Å². The largest absolute Gasteiger partial charge is 0.462 e. The van der Waals surface area contributed by atoms with Gasteiger partial charge >= 0.3 is 12.1 Å². The molecule has 0 atom stereocenters. The molecule has 0 amide bonds. The number of carbonyl (C=O) groups is 1. The standard InChI is InChI=1S/C16H12F3NO4S/c1-2-24-15(21)10-3-6-12(7-4-10)25-14-8-5-11(20(22)23)9-13(14)16(17,18)19/h3-9H,2H2,1H3. The maximum Gasteiger partial charge on any atom is 0.417 e. The minimum Gasteiger partial charge on any atom is -0.462 e. The van der Waals surface area contributed by atoms with Gasteiger partial charge in [-0.2, -0.15) is 13.2 Å². The van der Waals surface area contributed by atoms with E-state index in [1.807, 2.05) is 0 Å². The highest BCUT2D eigenvalue weighted by Gasteiger charge is 2.35. The molecule has 132 valence electrons. The molecule has 0 saturated carbocycles. The SMILES string of the molecule is CCOC(=O)c1ccc(Sc2ccc([N+](=O)[O-])cc2C(F)(F)F)cc1. The summed E-state index contributed by atoms with van der Waals surface area (Å²) in [5.41, 5.74) is -1.43. The predicted molar refractivity (Wildman–Crippen MR) is 84.6 cm³/mol. The molecule has 0 spiro atoms. The summed E-state index contributed by atoms with van der Waals surface area (Å²) in [6.07, 6.45) is -4.72. The van der Waals surface area contributed by atoms with Gasteiger partial charge in [0.15, 0.2) is 0 Å². The van der Waals surface area contributed by atoms with Gasteiger partial charge in [-0.15, -0.1) is 0 Å². The van der Waals surface area contributed by atoms with Gasteiger partial charge < -0.3 is 4.74 Å². The number of non-ortho nitro benzene ring substituents is 1. The van der Waals surface area contributed by atoms with Crippen molar-refractivity contribution < 1.29 is 27.6 Å². The summed E-state index contributed by atoms with van der Waals surface area (Å²) in [4.78, 5) is 21.7. The van der Waals surface area contributed by atoms with E-state index in [0.29, 0.717) is 11.0 Å². The molecule has 0 saturated heterocycles. The highest BCUT2D eigenvalue weighted by Crippen LogP contribution is 2.41. The number of hydrogen-bond donors (Lipinski definition) is 0. The van der Waals surface area contributed by atoms with Crippen LogP contribution in [0.3, 0.4) is 0 Å². The van der Waals surface area contributed by atoms with Crippen molar-refractivity contribution in [2.24, 2.45) is 0 Å². The Kier molecular flexibility index (Phi) is 5.68. The minimum absolute atomic E-state index is 0.165. The van der Waals surface area contributed by atoms with Crippen LogP contribution in [0.2, 0.25) is 0 Å². The second-order valence-electron chi connectivity index (χ2n) is 4.78. The second-order valence-corrected chi connectivity index (χ2v) is 5.90. The molecule has 0 unspecified atom stereocenters. The Hall–Kier alpha value is -2.55. The normalized spacial score (nSPS) is 11.2. The number of alkyl halides is 3. The summed E-state index contributed by atoms with van der Waals surface area (Å²) in [5, 5.41) is 10.7. The first-order valence-corrected chi connectivity index (χ1v) is 7.84. The third-order valence-corrected chi connectivity index (χ3v) is 4.16. The predicted octanol–water partition coefficient (Wildman–Crippen LogP) is 4.94. The fourth-order valence-electron chi connectivity index (χ4n) is 1.94. The summed E-state index contributed by atoms with van der Waals surface area (Å²) < 4.78 is 44.3. The maximum atomic E-state index is 13.2. The lowest BCUT2D eigenvalue weighted by Crippen LogP contribution is -2.07. The van der Waals surface area contributed by atoms with Gasteiger partial charge in [0.1, 0.15) is 0 Å². The van der Waals surface area contributed by atoms with Crippen LogP contribution in [0.4, 0.5) is 18.9 Å². The third kappa shape index (κ3) is 4.72. The van der Waals surface area contributed by atoms with E-state index in [-0.39, 0.29) is 17.1 Å². The molecule has 0 N–H and O–H groups in total.